The van der Waals surface area contributed by atoms with Crippen LogP contribution in [-0.2, 0) is 0 Å². The Kier molecular flexibility index (Phi) is 2.05. The van der Waals surface area contributed by atoms with Crippen LogP contribution in [0.2, 0.25) is 0 Å². The van der Waals surface area contributed by atoms with Crippen LogP contribution in [0.25, 0.3) is 0 Å². The van der Waals surface area contributed by atoms with E-state index in [0.29, 0.717) is 0 Å². The molecule has 0 atom stereocenters. The molecule has 0 saturated carbocycles. The molecule has 4 heteroatoms. The lowest BCUT2D eigenvalue weighted by atomic mass is 9.89. The van der Waals surface area contributed by atoms with Gasteiger partial charge in [-0.05, 0) is 18.6 Å². The summed E-state index contributed by atoms with van der Waals surface area (Å²) in [5.41, 5.74) is 5.84. The monoisotopic (exact) mass is 160 g/mol. The summed E-state index contributed by atoms with van der Waals surface area (Å²) in [5, 5.41) is 8.50. The van der Waals surface area contributed by atoms with E-state index in [9.17, 15) is 4.39 Å². The standard InChI is InChI=1S/C8H6BFN2/c1-4-6(9)2-7(12)5(3-11)8(4)10/h2H,12H2,1H3. The van der Waals surface area contributed by atoms with Gasteiger partial charge in [-0.1, -0.05) is 5.46 Å². The highest BCUT2D eigenvalue weighted by Gasteiger charge is 2.10. The van der Waals surface area contributed by atoms with Gasteiger partial charge in [-0.15, -0.1) is 0 Å². The van der Waals surface area contributed by atoms with E-state index in [1.165, 1.54) is 13.0 Å². The van der Waals surface area contributed by atoms with E-state index < -0.39 is 5.82 Å². The van der Waals surface area contributed by atoms with Gasteiger partial charge in [0.25, 0.3) is 0 Å². The highest BCUT2D eigenvalue weighted by molar-refractivity contribution is 6.33. The van der Waals surface area contributed by atoms with Gasteiger partial charge in [0.05, 0.1) is 5.69 Å². The fraction of sp³-hybridized carbons (Fsp3) is 0.125. The first-order valence-electron chi connectivity index (χ1n) is 3.32. The van der Waals surface area contributed by atoms with Crippen LogP contribution >= 0.6 is 0 Å². The third-order valence-electron chi connectivity index (χ3n) is 1.69. The van der Waals surface area contributed by atoms with Crippen LogP contribution in [0.3, 0.4) is 0 Å². The summed E-state index contributed by atoms with van der Waals surface area (Å²) in [4.78, 5) is 0. The number of nitriles is 1. The van der Waals surface area contributed by atoms with E-state index in [1.54, 1.807) is 6.07 Å². The van der Waals surface area contributed by atoms with Gasteiger partial charge in [0.15, 0.2) is 0 Å². The normalized spacial score (nSPS) is 9.42. The van der Waals surface area contributed by atoms with Gasteiger partial charge in [-0.3, -0.25) is 0 Å². The molecule has 0 bridgehead atoms. The number of nitrogens with two attached hydrogens (primary N) is 1. The van der Waals surface area contributed by atoms with E-state index in [4.69, 9.17) is 18.8 Å². The van der Waals surface area contributed by atoms with Gasteiger partial charge in [0.2, 0.25) is 0 Å². The van der Waals surface area contributed by atoms with E-state index in [1.807, 2.05) is 0 Å². The van der Waals surface area contributed by atoms with Gasteiger partial charge in [0, 0.05) is 0 Å². The van der Waals surface area contributed by atoms with E-state index in [2.05, 4.69) is 0 Å². The minimum absolute atomic E-state index is 0.0816. The van der Waals surface area contributed by atoms with Crippen molar-refractivity contribution in [3.8, 4) is 6.07 Å². The zero-order valence-electron chi connectivity index (χ0n) is 6.56. The number of hydrogen-bond donors (Lipinski definition) is 1. The predicted molar refractivity (Wildman–Crippen MR) is 45.7 cm³/mol. The number of benzene rings is 1. The van der Waals surface area contributed by atoms with Crippen molar-refractivity contribution in [2.45, 2.75) is 6.92 Å². The van der Waals surface area contributed by atoms with Crippen molar-refractivity contribution >= 4 is 19.0 Å². The maximum Gasteiger partial charge on any atom is 0.145 e. The quantitative estimate of drug-likeness (QED) is 0.440. The Labute approximate surface area is 71.2 Å². The molecular weight excluding hydrogens is 154 g/mol. The molecule has 1 aromatic carbocycles. The van der Waals surface area contributed by atoms with E-state index >= 15 is 0 Å². The van der Waals surface area contributed by atoms with Gasteiger partial charge < -0.3 is 5.73 Å². The maximum absolute atomic E-state index is 13.1. The van der Waals surface area contributed by atoms with Crippen LogP contribution < -0.4 is 11.2 Å². The molecule has 12 heavy (non-hydrogen) atoms. The first-order chi connectivity index (χ1) is 5.57. The minimum Gasteiger partial charge on any atom is -0.398 e. The fourth-order valence-corrected chi connectivity index (χ4v) is 0.903. The Morgan fingerprint density at radius 3 is 2.75 bits per heavy atom. The number of anilines is 1. The summed E-state index contributed by atoms with van der Waals surface area (Å²) in [7, 11) is 5.42. The molecule has 0 aromatic heterocycles. The van der Waals surface area contributed by atoms with Gasteiger partial charge >= 0.3 is 0 Å². The number of nitrogens with zero attached hydrogens (tertiary/aromatic N) is 1. The van der Waals surface area contributed by atoms with Crippen molar-refractivity contribution in [3.05, 3.63) is 23.0 Å². The predicted octanol–water partition coefficient (Wildman–Crippen LogP) is 0.382. The zero-order chi connectivity index (χ0) is 9.30. The topological polar surface area (TPSA) is 49.8 Å². The van der Waals surface area contributed by atoms with Crippen molar-refractivity contribution in [2.75, 3.05) is 5.73 Å². The highest BCUT2D eigenvalue weighted by Crippen LogP contribution is 2.15. The average molecular weight is 160 g/mol. The van der Waals surface area contributed by atoms with Crippen molar-refractivity contribution in [1.29, 1.82) is 5.26 Å². The molecule has 0 aliphatic carbocycles. The second-order valence-electron chi connectivity index (χ2n) is 2.48. The number of rotatable bonds is 0. The van der Waals surface area contributed by atoms with Crippen LogP contribution in [0, 0.1) is 24.1 Å². The fourth-order valence-electron chi connectivity index (χ4n) is 0.903. The third kappa shape index (κ3) is 1.14. The van der Waals surface area contributed by atoms with Gasteiger partial charge in [-0.25, -0.2) is 4.39 Å². The molecule has 0 amide bonds. The molecule has 2 N–H and O–H groups in total. The van der Waals surface area contributed by atoms with Crippen LogP contribution in [-0.4, -0.2) is 7.85 Å². The van der Waals surface area contributed by atoms with Crippen molar-refractivity contribution in [1.82, 2.24) is 0 Å². The molecule has 0 saturated heterocycles. The maximum atomic E-state index is 13.1. The Morgan fingerprint density at radius 2 is 2.25 bits per heavy atom. The lowest BCUT2D eigenvalue weighted by Crippen LogP contribution is -2.13. The van der Waals surface area contributed by atoms with Crippen LogP contribution in [0.5, 0.6) is 0 Å². The molecule has 0 aliphatic heterocycles. The molecule has 0 spiro atoms. The average Bonchev–Trinajstić information content (AvgIpc) is 2.01. The molecule has 0 aliphatic rings. The number of halogens is 1. The van der Waals surface area contributed by atoms with Crippen molar-refractivity contribution in [2.24, 2.45) is 0 Å². The summed E-state index contributed by atoms with van der Waals surface area (Å²) in [6, 6.07) is 3.06. The molecule has 2 nitrogen and oxygen atoms in total. The molecule has 0 fully saturated rings. The van der Waals surface area contributed by atoms with Crippen LogP contribution in [0.15, 0.2) is 6.07 Å². The number of nitrogen functional groups attached to an aromatic ring is 1. The van der Waals surface area contributed by atoms with Crippen LogP contribution in [0.4, 0.5) is 10.1 Å². The lowest BCUT2D eigenvalue weighted by Gasteiger charge is -2.05. The first-order valence-corrected chi connectivity index (χ1v) is 3.32. The second kappa shape index (κ2) is 2.86. The van der Waals surface area contributed by atoms with Gasteiger partial charge in [-0.2, -0.15) is 5.26 Å². The van der Waals surface area contributed by atoms with E-state index in [-0.39, 0.29) is 22.3 Å². The Bertz CT molecular complexity index is 368. The summed E-state index contributed by atoms with van der Waals surface area (Å²) in [5.74, 6) is -0.630. The molecule has 1 aromatic rings. The molecule has 2 radical (unpaired) electrons. The number of hydrogen-bond acceptors (Lipinski definition) is 2. The highest BCUT2D eigenvalue weighted by atomic mass is 19.1. The lowest BCUT2D eigenvalue weighted by molar-refractivity contribution is 0.617. The summed E-state index contributed by atoms with van der Waals surface area (Å²) in [6.45, 7) is 1.50. The Morgan fingerprint density at radius 1 is 1.67 bits per heavy atom. The Hall–Kier alpha value is -1.50. The van der Waals surface area contributed by atoms with Crippen molar-refractivity contribution in [3.63, 3.8) is 0 Å². The molecule has 1 rings (SSSR count). The van der Waals surface area contributed by atoms with Gasteiger partial charge in [0.1, 0.15) is 25.3 Å². The zero-order valence-corrected chi connectivity index (χ0v) is 6.56. The third-order valence-corrected chi connectivity index (χ3v) is 1.69. The van der Waals surface area contributed by atoms with Crippen molar-refractivity contribution < 1.29 is 4.39 Å². The SMILES string of the molecule is [B]c1cc(N)c(C#N)c(F)c1C. The summed E-state index contributed by atoms with van der Waals surface area (Å²) in [6.07, 6.45) is 0. The first kappa shape index (κ1) is 8.60. The molecular formula is C8H6BFN2. The smallest absolute Gasteiger partial charge is 0.145 e. The Balaban J connectivity index is 3.54. The second-order valence-corrected chi connectivity index (χ2v) is 2.48. The molecule has 58 valence electrons. The summed E-state index contributed by atoms with van der Waals surface area (Å²) >= 11 is 0. The van der Waals surface area contributed by atoms with Crippen LogP contribution in [0.1, 0.15) is 11.1 Å². The summed E-state index contributed by atoms with van der Waals surface area (Å²) < 4.78 is 13.1. The largest absolute Gasteiger partial charge is 0.398 e. The van der Waals surface area contributed by atoms with E-state index in [0.717, 1.165) is 0 Å². The minimum atomic E-state index is -0.630. The molecule has 0 heterocycles. The molecule has 0 unspecified atom stereocenters.